The van der Waals surface area contributed by atoms with Gasteiger partial charge in [-0.1, -0.05) is 15.9 Å². The van der Waals surface area contributed by atoms with Crippen molar-refractivity contribution in [3.8, 4) is 0 Å². The predicted molar refractivity (Wildman–Crippen MR) is 65.7 cm³/mol. The van der Waals surface area contributed by atoms with Gasteiger partial charge < -0.3 is 9.15 Å². The van der Waals surface area contributed by atoms with Crippen molar-refractivity contribution in [1.82, 2.24) is 0 Å². The third-order valence-electron chi connectivity index (χ3n) is 3.92. The van der Waals surface area contributed by atoms with E-state index in [0.29, 0.717) is 6.10 Å². The maximum atomic E-state index is 5.96. The van der Waals surface area contributed by atoms with Crippen LogP contribution in [0.25, 0.3) is 0 Å². The van der Waals surface area contributed by atoms with Crippen LogP contribution in [0, 0.1) is 11.3 Å². The molecule has 0 aromatic carbocycles. The molecule has 1 aromatic rings. The molecule has 88 valence electrons. The third kappa shape index (κ3) is 1.84. The van der Waals surface area contributed by atoms with Crippen LogP contribution in [0.15, 0.2) is 22.8 Å². The molecule has 2 fully saturated rings. The first-order valence-electron chi connectivity index (χ1n) is 6.04. The average Bonchev–Trinajstić information content (AvgIpc) is 2.86. The second-order valence-electron chi connectivity index (χ2n) is 5.13. The lowest BCUT2D eigenvalue weighted by atomic mass is 9.77. The fourth-order valence-corrected chi connectivity index (χ4v) is 3.68. The standard InChI is InChI=1S/C13H17BrO2/c14-9-13(8-11-2-1-6-15-11)5-7-16-12(13)10-3-4-10/h1-2,6,10,12H,3-5,7-9H2. The molecule has 2 nitrogen and oxygen atoms in total. The number of halogens is 1. The molecule has 3 rings (SSSR count). The minimum Gasteiger partial charge on any atom is -0.469 e. The second kappa shape index (κ2) is 4.19. The zero-order valence-electron chi connectivity index (χ0n) is 9.32. The van der Waals surface area contributed by atoms with Crippen molar-refractivity contribution in [1.29, 1.82) is 0 Å². The highest BCUT2D eigenvalue weighted by molar-refractivity contribution is 9.09. The zero-order chi connectivity index (χ0) is 11.0. The summed E-state index contributed by atoms with van der Waals surface area (Å²) in [6.45, 7) is 0.910. The van der Waals surface area contributed by atoms with Gasteiger partial charge in [0.15, 0.2) is 0 Å². The monoisotopic (exact) mass is 284 g/mol. The topological polar surface area (TPSA) is 22.4 Å². The molecule has 1 aliphatic carbocycles. The van der Waals surface area contributed by atoms with Gasteiger partial charge in [0.1, 0.15) is 5.76 Å². The normalized spacial score (nSPS) is 34.4. The molecule has 0 N–H and O–H groups in total. The minimum atomic E-state index is 0.263. The Morgan fingerprint density at radius 3 is 2.94 bits per heavy atom. The Labute approximate surface area is 104 Å². The van der Waals surface area contributed by atoms with Crippen molar-refractivity contribution in [2.75, 3.05) is 11.9 Å². The summed E-state index contributed by atoms with van der Waals surface area (Å²) in [6, 6.07) is 4.05. The van der Waals surface area contributed by atoms with E-state index in [9.17, 15) is 0 Å². The highest BCUT2D eigenvalue weighted by atomic mass is 79.9. The van der Waals surface area contributed by atoms with Gasteiger partial charge >= 0.3 is 0 Å². The molecule has 3 heteroatoms. The molecular weight excluding hydrogens is 268 g/mol. The number of ether oxygens (including phenoxy) is 1. The molecule has 1 saturated heterocycles. The Bertz CT molecular complexity index is 345. The second-order valence-corrected chi connectivity index (χ2v) is 5.69. The average molecular weight is 285 g/mol. The molecule has 2 aliphatic rings. The van der Waals surface area contributed by atoms with Crippen molar-refractivity contribution in [2.24, 2.45) is 11.3 Å². The summed E-state index contributed by atoms with van der Waals surface area (Å²) >= 11 is 3.69. The first-order valence-corrected chi connectivity index (χ1v) is 7.16. The first kappa shape index (κ1) is 10.8. The van der Waals surface area contributed by atoms with Gasteiger partial charge in [0.2, 0.25) is 0 Å². The lowest BCUT2D eigenvalue weighted by Gasteiger charge is -2.31. The summed E-state index contributed by atoms with van der Waals surface area (Å²) < 4.78 is 11.5. The van der Waals surface area contributed by atoms with Gasteiger partial charge in [-0.05, 0) is 37.3 Å². The smallest absolute Gasteiger partial charge is 0.104 e. The van der Waals surface area contributed by atoms with Crippen LogP contribution in [0.1, 0.15) is 25.0 Å². The van der Waals surface area contributed by atoms with Gasteiger partial charge in [0, 0.05) is 23.8 Å². The molecule has 0 bridgehead atoms. The number of hydrogen-bond acceptors (Lipinski definition) is 2. The largest absolute Gasteiger partial charge is 0.469 e. The Morgan fingerprint density at radius 2 is 2.31 bits per heavy atom. The Balaban J connectivity index is 1.80. The zero-order valence-corrected chi connectivity index (χ0v) is 10.9. The molecule has 2 heterocycles. The first-order chi connectivity index (χ1) is 7.84. The fourth-order valence-electron chi connectivity index (χ4n) is 2.88. The van der Waals surface area contributed by atoms with Crippen molar-refractivity contribution in [3.63, 3.8) is 0 Å². The number of alkyl halides is 1. The van der Waals surface area contributed by atoms with Gasteiger partial charge in [0.25, 0.3) is 0 Å². The van der Waals surface area contributed by atoms with Crippen LogP contribution in [-0.4, -0.2) is 18.0 Å². The van der Waals surface area contributed by atoms with Gasteiger partial charge in [-0.2, -0.15) is 0 Å². The van der Waals surface area contributed by atoms with Gasteiger partial charge in [-0.25, -0.2) is 0 Å². The summed E-state index contributed by atoms with van der Waals surface area (Å²) in [5.41, 5.74) is 0.263. The molecule has 2 atom stereocenters. The third-order valence-corrected chi connectivity index (χ3v) is 5.04. The van der Waals surface area contributed by atoms with Crippen molar-refractivity contribution in [3.05, 3.63) is 24.2 Å². The maximum Gasteiger partial charge on any atom is 0.104 e. The van der Waals surface area contributed by atoms with Gasteiger partial charge in [0.05, 0.1) is 12.4 Å². The summed E-state index contributed by atoms with van der Waals surface area (Å²) in [6.07, 6.45) is 7.05. The SMILES string of the molecule is BrCC1(Cc2ccco2)CCOC1C1CC1. The highest BCUT2D eigenvalue weighted by Gasteiger charge is 2.50. The molecule has 1 aliphatic heterocycles. The van der Waals surface area contributed by atoms with Crippen LogP contribution in [0.3, 0.4) is 0 Å². The molecule has 2 unspecified atom stereocenters. The number of rotatable bonds is 4. The van der Waals surface area contributed by atoms with E-state index in [0.717, 1.165) is 36.5 Å². The van der Waals surface area contributed by atoms with E-state index in [1.54, 1.807) is 6.26 Å². The van der Waals surface area contributed by atoms with E-state index in [1.807, 2.05) is 6.07 Å². The van der Waals surface area contributed by atoms with E-state index < -0.39 is 0 Å². The van der Waals surface area contributed by atoms with Crippen LogP contribution in [0.2, 0.25) is 0 Å². The summed E-state index contributed by atoms with van der Waals surface area (Å²) in [4.78, 5) is 0. The highest BCUT2D eigenvalue weighted by Crippen LogP contribution is 2.50. The summed E-state index contributed by atoms with van der Waals surface area (Å²) in [5, 5.41) is 1.02. The molecule has 1 aromatic heterocycles. The lowest BCUT2D eigenvalue weighted by Crippen LogP contribution is -2.36. The van der Waals surface area contributed by atoms with E-state index in [1.165, 1.54) is 12.8 Å². The summed E-state index contributed by atoms with van der Waals surface area (Å²) in [5.74, 6) is 1.89. The Morgan fingerprint density at radius 1 is 1.44 bits per heavy atom. The quantitative estimate of drug-likeness (QED) is 0.791. The van der Waals surface area contributed by atoms with Crippen molar-refractivity contribution < 1.29 is 9.15 Å². The molecular formula is C13H17BrO2. The van der Waals surface area contributed by atoms with E-state index in [-0.39, 0.29) is 5.41 Å². The van der Waals surface area contributed by atoms with Crippen molar-refractivity contribution in [2.45, 2.75) is 31.8 Å². The molecule has 0 amide bonds. The van der Waals surface area contributed by atoms with Crippen LogP contribution in [0.4, 0.5) is 0 Å². The Kier molecular flexibility index (Phi) is 2.84. The van der Waals surface area contributed by atoms with E-state index in [4.69, 9.17) is 9.15 Å². The van der Waals surface area contributed by atoms with Gasteiger partial charge in [-0.15, -0.1) is 0 Å². The van der Waals surface area contributed by atoms with Crippen LogP contribution in [0.5, 0.6) is 0 Å². The summed E-state index contributed by atoms with van der Waals surface area (Å²) in [7, 11) is 0. The predicted octanol–water partition coefficient (Wildman–Crippen LogP) is 3.40. The van der Waals surface area contributed by atoms with Crippen molar-refractivity contribution >= 4 is 15.9 Å². The van der Waals surface area contributed by atoms with E-state index >= 15 is 0 Å². The fraction of sp³-hybridized carbons (Fsp3) is 0.692. The minimum absolute atomic E-state index is 0.263. The van der Waals surface area contributed by atoms with E-state index in [2.05, 4.69) is 22.0 Å². The molecule has 16 heavy (non-hydrogen) atoms. The maximum absolute atomic E-state index is 5.96. The van der Waals surface area contributed by atoms with Crippen LogP contribution < -0.4 is 0 Å². The number of furan rings is 1. The van der Waals surface area contributed by atoms with Gasteiger partial charge in [-0.3, -0.25) is 0 Å². The van der Waals surface area contributed by atoms with Crippen LogP contribution in [-0.2, 0) is 11.2 Å². The lowest BCUT2D eigenvalue weighted by molar-refractivity contribution is 0.0393. The Hall–Kier alpha value is -0.280. The number of hydrogen-bond donors (Lipinski definition) is 0. The molecule has 1 saturated carbocycles. The molecule has 0 radical (unpaired) electrons. The van der Waals surface area contributed by atoms with Crippen LogP contribution >= 0.6 is 15.9 Å². The molecule has 0 spiro atoms.